The van der Waals surface area contributed by atoms with E-state index in [9.17, 15) is 23.5 Å². The second-order valence-electron chi connectivity index (χ2n) is 9.24. The van der Waals surface area contributed by atoms with Gasteiger partial charge in [0.2, 0.25) is 11.7 Å². The van der Waals surface area contributed by atoms with Crippen molar-refractivity contribution < 1.29 is 18.7 Å². The zero-order chi connectivity index (χ0) is 27.2. The van der Waals surface area contributed by atoms with Crippen LogP contribution in [0.3, 0.4) is 0 Å². The number of rotatable bonds is 11. The van der Waals surface area contributed by atoms with Crippen LogP contribution in [0.15, 0.2) is 53.3 Å². The molecule has 0 fully saturated rings. The van der Waals surface area contributed by atoms with Crippen LogP contribution in [0.1, 0.15) is 35.1 Å². The van der Waals surface area contributed by atoms with Crippen LogP contribution in [0.4, 0.5) is 8.78 Å². The van der Waals surface area contributed by atoms with Crippen LogP contribution in [0.5, 0.6) is 0 Å². The normalized spacial score (nSPS) is 13.0. The van der Waals surface area contributed by atoms with Crippen molar-refractivity contribution in [1.29, 1.82) is 0 Å². The first-order valence-corrected chi connectivity index (χ1v) is 12.4. The molecule has 2 aromatic carbocycles. The van der Waals surface area contributed by atoms with E-state index < -0.39 is 29.7 Å². The van der Waals surface area contributed by atoms with Gasteiger partial charge in [0, 0.05) is 30.9 Å². The molecule has 4 N–H and O–H groups in total. The topological polar surface area (TPSA) is 124 Å². The molecule has 38 heavy (non-hydrogen) atoms. The van der Waals surface area contributed by atoms with Crippen molar-refractivity contribution in [1.82, 2.24) is 30.2 Å². The molecule has 0 aliphatic rings. The lowest BCUT2D eigenvalue weighted by Crippen LogP contribution is -2.49. The number of carbonyl (C=O) groups excluding carboxylic acids is 1. The molecule has 4 rings (SSSR count). The summed E-state index contributed by atoms with van der Waals surface area (Å²) in [4.78, 5) is 29.5. The molecule has 0 bridgehead atoms. The number of hydrogen-bond donors (Lipinski definition) is 4. The van der Waals surface area contributed by atoms with Crippen LogP contribution >= 0.6 is 0 Å². The summed E-state index contributed by atoms with van der Waals surface area (Å²) in [6.07, 6.45) is -0.469. The number of amides is 1. The lowest BCUT2D eigenvalue weighted by molar-refractivity contribution is -0.122. The van der Waals surface area contributed by atoms with Gasteiger partial charge >= 0.3 is 0 Å². The lowest BCUT2D eigenvalue weighted by Gasteiger charge is -2.25. The molecule has 2 atom stereocenters. The van der Waals surface area contributed by atoms with Gasteiger partial charge in [-0.05, 0) is 48.6 Å². The molecule has 11 heteroatoms. The number of carbonyl (C=O) groups is 1. The van der Waals surface area contributed by atoms with Gasteiger partial charge in [0.15, 0.2) is 0 Å². The number of fused-ring (bicyclic) bond motifs is 1. The average Bonchev–Trinajstić information content (AvgIpc) is 3.25. The molecule has 0 unspecified atom stereocenters. The summed E-state index contributed by atoms with van der Waals surface area (Å²) in [5, 5.41) is 23.5. The van der Waals surface area contributed by atoms with Gasteiger partial charge in [-0.25, -0.2) is 23.3 Å². The summed E-state index contributed by atoms with van der Waals surface area (Å²) in [6.45, 7) is 4.35. The highest BCUT2D eigenvalue weighted by Gasteiger charge is 2.24. The van der Waals surface area contributed by atoms with Crippen molar-refractivity contribution in [3.63, 3.8) is 0 Å². The van der Waals surface area contributed by atoms with Crippen LogP contribution in [0, 0.1) is 18.6 Å². The van der Waals surface area contributed by atoms with Crippen LogP contribution in [0.25, 0.3) is 5.78 Å². The number of aliphatic hydroxyl groups excluding tert-OH is 1. The third-order valence-corrected chi connectivity index (χ3v) is 6.18. The predicted octanol–water partition coefficient (Wildman–Crippen LogP) is 1.99. The van der Waals surface area contributed by atoms with Crippen molar-refractivity contribution in [2.75, 3.05) is 6.54 Å². The first-order chi connectivity index (χ1) is 18.2. The maximum absolute atomic E-state index is 13.8. The van der Waals surface area contributed by atoms with Crippen molar-refractivity contribution >= 4 is 11.7 Å². The zero-order valence-electron chi connectivity index (χ0n) is 21.2. The van der Waals surface area contributed by atoms with Gasteiger partial charge in [-0.15, -0.1) is 0 Å². The Bertz CT molecular complexity index is 1470. The van der Waals surface area contributed by atoms with E-state index >= 15 is 0 Å². The second-order valence-corrected chi connectivity index (χ2v) is 9.24. The van der Waals surface area contributed by atoms with Gasteiger partial charge in [-0.1, -0.05) is 31.2 Å². The van der Waals surface area contributed by atoms with Crippen LogP contribution < -0.4 is 16.2 Å². The number of nitrogens with zero attached hydrogens (tertiary/aromatic N) is 3. The van der Waals surface area contributed by atoms with Gasteiger partial charge in [0.25, 0.3) is 5.56 Å². The number of aromatic amines is 1. The van der Waals surface area contributed by atoms with Gasteiger partial charge in [-0.3, -0.25) is 9.59 Å². The number of nitrogens with one attached hydrogen (secondary N) is 3. The minimum atomic E-state index is -1.08. The van der Waals surface area contributed by atoms with E-state index in [1.165, 1.54) is 16.0 Å². The Labute approximate surface area is 217 Å². The Hall–Kier alpha value is -3.96. The third-order valence-electron chi connectivity index (χ3n) is 6.18. The SMILES string of the molecule is CCc1cccc(CNC[C@H](O)[C@H](Cc2cc(F)cc(F)c2)NC(=O)Cc2n[nH]c3nc(C)cc(=O)n23)c1. The summed E-state index contributed by atoms with van der Waals surface area (Å²) in [5.74, 6) is -1.67. The maximum Gasteiger partial charge on any atom is 0.260 e. The molecule has 2 aromatic heterocycles. The van der Waals surface area contributed by atoms with Crippen molar-refractivity contribution in [3.8, 4) is 0 Å². The monoisotopic (exact) mass is 524 g/mol. The summed E-state index contributed by atoms with van der Waals surface area (Å²) in [6, 6.07) is 11.6. The molecule has 2 heterocycles. The van der Waals surface area contributed by atoms with Crippen LogP contribution in [0.2, 0.25) is 0 Å². The minimum Gasteiger partial charge on any atom is -0.390 e. The highest BCUT2D eigenvalue weighted by Crippen LogP contribution is 2.13. The smallest absolute Gasteiger partial charge is 0.260 e. The molecular formula is C27H30F2N6O3. The fraction of sp³-hybridized carbons (Fsp3) is 0.333. The average molecular weight is 525 g/mol. The molecule has 0 spiro atoms. The number of aryl methyl sites for hydroxylation is 2. The van der Waals surface area contributed by atoms with Gasteiger partial charge in [0.1, 0.15) is 17.5 Å². The Morgan fingerprint density at radius 1 is 1.11 bits per heavy atom. The Morgan fingerprint density at radius 2 is 1.84 bits per heavy atom. The fourth-order valence-corrected chi connectivity index (χ4v) is 4.34. The number of aromatic nitrogens is 4. The zero-order valence-corrected chi connectivity index (χ0v) is 21.2. The van der Waals surface area contributed by atoms with E-state index in [4.69, 9.17) is 0 Å². The van der Waals surface area contributed by atoms with Gasteiger partial charge < -0.3 is 15.7 Å². The molecular weight excluding hydrogens is 494 g/mol. The number of halogens is 2. The third kappa shape index (κ3) is 6.87. The van der Waals surface area contributed by atoms with E-state index in [-0.39, 0.29) is 42.1 Å². The number of benzene rings is 2. The number of H-pyrrole nitrogens is 1. The first-order valence-electron chi connectivity index (χ1n) is 12.4. The van der Waals surface area contributed by atoms with E-state index in [0.29, 0.717) is 12.2 Å². The maximum atomic E-state index is 13.8. The van der Waals surface area contributed by atoms with E-state index in [1.54, 1.807) is 6.92 Å². The lowest BCUT2D eigenvalue weighted by atomic mass is 10.00. The van der Waals surface area contributed by atoms with Crippen LogP contribution in [-0.4, -0.2) is 49.3 Å². The van der Waals surface area contributed by atoms with Gasteiger partial charge in [-0.2, -0.15) is 5.10 Å². The van der Waals surface area contributed by atoms with Gasteiger partial charge in [0.05, 0.1) is 18.6 Å². The fourth-order valence-electron chi connectivity index (χ4n) is 4.34. The molecule has 0 saturated heterocycles. The summed E-state index contributed by atoms with van der Waals surface area (Å²) >= 11 is 0. The standard InChI is InChI=1S/C27H30F2N6O3/c1-3-17-5-4-6-18(8-17)14-30-15-23(36)22(11-19-9-20(28)12-21(29)10-19)32-25(37)13-24-33-34-27-31-16(2)7-26(38)35(24)27/h4-10,12,22-23,30,36H,3,11,13-15H2,1-2H3,(H,31,34)(H,32,37)/t22-,23-/m0/s1. The molecule has 0 aliphatic carbocycles. The van der Waals surface area contributed by atoms with Crippen molar-refractivity contribution in [2.24, 2.45) is 0 Å². The molecule has 9 nitrogen and oxygen atoms in total. The Morgan fingerprint density at radius 3 is 2.58 bits per heavy atom. The molecule has 200 valence electrons. The molecule has 0 saturated carbocycles. The summed E-state index contributed by atoms with van der Waals surface area (Å²) < 4.78 is 28.8. The summed E-state index contributed by atoms with van der Waals surface area (Å²) in [7, 11) is 0. The van der Waals surface area contributed by atoms with Crippen molar-refractivity contribution in [3.05, 3.63) is 98.7 Å². The Kier molecular flexibility index (Phi) is 8.59. The van der Waals surface area contributed by atoms with Crippen molar-refractivity contribution in [2.45, 2.75) is 51.8 Å². The minimum absolute atomic E-state index is 0.0173. The quantitative estimate of drug-likeness (QED) is 0.238. The van der Waals surface area contributed by atoms with E-state index in [1.807, 2.05) is 18.2 Å². The molecule has 1 amide bonds. The highest BCUT2D eigenvalue weighted by atomic mass is 19.1. The molecule has 0 radical (unpaired) electrons. The molecule has 4 aromatic rings. The number of aliphatic hydroxyl groups is 1. The predicted molar refractivity (Wildman–Crippen MR) is 138 cm³/mol. The summed E-state index contributed by atoms with van der Waals surface area (Å²) in [5.41, 5.74) is 2.65. The van der Waals surface area contributed by atoms with E-state index in [0.717, 1.165) is 30.2 Å². The second kappa shape index (κ2) is 12.1. The number of hydrogen-bond acceptors (Lipinski definition) is 6. The van der Waals surface area contributed by atoms with Crippen LogP contribution in [-0.2, 0) is 30.6 Å². The first kappa shape index (κ1) is 27.1. The largest absolute Gasteiger partial charge is 0.390 e. The highest BCUT2D eigenvalue weighted by molar-refractivity contribution is 5.78. The Balaban J connectivity index is 1.47. The molecule has 0 aliphatic heterocycles. The van der Waals surface area contributed by atoms with E-state index in [2.05, 4.69) is 38.8 Å².